The lowest BCUT2D eigenvalue weighted by Crippen LogP contribution is -2.12. The average Bonchev–Trinajstić information content (AvgIpc) is 2.89. The molecule has 2 rings (SSSR count). The van der Waals surface area contributed by atoms with Gasteiger partial charge in [0.15, 0.2) is 0 Å². The molecule has 0 bridgehead atoms. The van der Waals surface area contributed by atoms with Gasteiger partial charge in [-0.2, -0.15) is 18.3 Å². The number of aromatic amines is 1. The molecule has 0 aliphatic rings. The van der Waals surface area contributed by atoms with Gasteiger partial charge in [-0.3, -0.25) is 10.4 Å². The number of alkyl halides is 3. The predicted octanol–water partition coefficient (Wildman–Crippen LogP) is 4.23. The molecule has 1 heterocycles. The van der Waals surface area contributed by atoms with Crippen LogP contribution in [0.25, 0.3) is 11.3 Å². The summed E-state index contributed by atoms with van der Waals surface area (Å²) >= 11 is 0. The zero-order chi connectivity index (χ0) is 17.0. The molecule has 0 fully saturated rings. The van der Waals surface area contributed by atoms with Crippen LogP contribution in [0.5, 0.6) is 0 Å². The summed E-state index contributed by atoms with van der Waals surface area (Å²) in [6.45, 7) is 1.96. The van der Waals surface area contributed by atoms with E-state index in [1.807, 2.05) is 6.92 Å². The van der Waals surface area contributed by atoms with E-state index in [0.717, 1.165) is 18.6 Å². The predicted molar refractivity (Wildman–Crippen MR) is 79.0 cm³/mol. The molecule has 2 N–H and O–H groups in total. The van der Waals surface area contributed by atoms with Crippen molar-refractivity contribution in [2.24, 2.45) is 0 Å². The lowest BCUT2D eigenvalue weighted by atomic mass is 10.1. The average molecular weight is 327 g/mol. The number of methoxy groups -OCH3 is 1. The number of nitrogens with one attached hydrogen (secondary N) is 2. The first kappa shape index (κ1) is 16.9. The highest BCUT2D eigenvalue weighted by Crippen LogP contribution is 2.33. The molecule has 124 valence electrons. The van der Waals surface area contributed by atoms with Crippen LogP contribution in [-0.2, 0) is 17.3 Å². The Bertz CT molecular complexity index is 678. The van der Waals surface area contributed by atoms with E-state index in [2.05, 4.69) is 20.3 Å². The van der Waals surface area contributed by atoms with Gasteiger partial charge in [0.2, 0.25) is 0 Å². The number of benzene rings is 1. The molecule has 0 aliphatic heterocycles. The van der Waals surface area contributed by atoms with Crippen LogP contribution in [0, 0.1) is 0 Å². The number of amides is 1. The van der Waals surface area contributed by atoms with Gasteiger partial charge in [-0.1, -0.05) is 25.5 Å². The molecule has 1 aromatic heterocycles. The molecule has 0 radical (unpaired) electrons. The molecule has 1 aromatic carbocycles. The summed E-state index contributed by atoms with van der Waals surface area (Å²) in [6.07, 6.45) is -3.63. The van der Waals surface area contributed by atoms with Crippen LogP contribution in [0.2, 0.25) is 0 Å². The number of halogens is 3. The van der Waals surface area contributed by atoms with E-state index in [4.69, 9.17) is 0 Å². The first-order valence-corrected chi connectivity index (χ1v) is 6.96. The number of nitrogens with zero attached hydrogens (tertiary/aromatic N) is 1. The topological polar surface area (TPSA) is 67.0 Å². The molecule has 0 saturated heterocycles. The van der Waals surface area contributed by atoms with Crippen molar-refractivity contribution >= 4 is 11.8 Å². The van der Waals surface area contributed by atoms with Crippen molar-refractivity contribution in [2.75, 3.05) is 12.4 Å². The fourth-order valence-electron chi connectivity index (χ4n) is 2.12. The molecule has 0 atom stereocenters. The standard InChI is InChI=1S/C15H16F3N3O2/c1-3-4-11-13(19-14(22)23-2)12(21-20-11)9-5-7-10(8-6-9)15(16,17)18/h5-8H,3-4H2,1-2H3,(H,19,22)(H,20,21). The van der Waals surface area contributed by atoms with Crippen LogP contribution in [-0.4, -0.2) is 23.4 Å². The van der Waals surface area contributed by atoms with Gasteiger partial charge in [0.05, 0.1) is 24.1 Å². The molecule has 1 amide bonds. The van der Waals surface area contributed by atoms with E-state index in [1.54, 1.807) is 0 Å². The summed E-state index contributed by atoms with van der Waals surface area (Å²) in [6, 6.07) is 4.59. The number of ether oxygens (including phenoxy) is 1. The van der Waals surface area contributed by atoms with E-state index in [9.17, 15) is 18.0 Å². The van der Waals surface area contributed by atoms with Crippen molar-refractivity contribution in [3.8, 4) is 11.3 Å². The van der Waals surface area contributed by atoms with Gasteiger partial charge in [-0.05, 0) is 18.6 Å². The minimum atomic E-state index is -4.40. The first-order chi connectivity index (χ1) is 10.9. The number of hydrogen-bond acceptors (Lipinski definition) is 3. The van der Waals surface area contributed by atoms with Crippen molar-refractivity contribution in [3.63, 3.8) is 0 Å². The van der Waals surface area contributed by atoms with E-state index in [0.29, 0.717) is 29.1 Å². The zero-order valence-electron chi connectivity index (χ0n) is 12.6. The molecule has 0 saturated carbocycles. The third kappa shape index (κ3) is 3.82. The SMILES string of the molecule is CCCc1[nH]nc(-c2ccc(C(F)(F)F)cc2)c1NC(=O)OC. The molecular weight excluding hydrogens is 311 g/mol. The van der Waals surface area contributed by atoms with Crippen LogP contribution in [0.3, 0.4) is 0 Å². The Morgan fingerprint density at radius 3 is 2.48 bits per heavy atom. The normalized spacial score (nSPS) is 11.3. The van der Waals surface area contributed by atoms with Crippen molar-refractivity contribution in [1.82, 2.24) is 10.2 Å². The highest BCUT2D eigenvalue weighted by atomic mass is 19.4. The molecule has 2 aromatic rings. The maximum Gasteiger partial charge on any atom is 0.416 e. The molecular formula is C15H16F3N3O2. The Labute approximate surface area is 130 Å². The van der Waals surface area contributed by atoms with Crippen LogP contribution < -0.4 is 5.32 Å². The lowest BCUT2D eigenvalue weighted by molar-refractivity contribution is -0.137. The molecule has 23 heavy (non-hydrogen) atoms. The summed E-state index contributed by atoms with van der Waals surface area (Å²) in [7, 11) is 1.23. The Balaban J connectivity index is 2.40. The highest BCUT2D eigenvalue weighted by molar-refractivity contribution is 5.91. The fraction of sp³-hybridized carbons (Fsp3) is 0.333. The van der Waals surface area contributed by atoms with Crippen LogP contribution >= 0.6 is 0 Å². The monoisotopic (exact) mass is 327 g/mol. The third-order valence-electron chi connectivity index (χ3n) is 3.24. The number of hydrogen-bond donors (Lipinski definition) is 2. The Hall–Kier alpha value is -2.51. The molecule has 0 unspecified atom stereocenters. The molecule has 8 heteroatoms. The largest absolute Gasteiger partial charge is 0.453 e. The van der Waals surface area contributed by atoms with Crippen molar-refractivity contribution in [3.05, 3.63) is 35.5 Å². The highest BCUT2D eigenvalue weighted by Gasteiger charge is 2.30. The number of aryl methyl sites for hydroxylation is 1. The van der Waals surface area contributed by atoms with Crippen LogP contribution in [0.1, 0.15) is 24.6 Å². The van der Waals surface area contributed by atoms with Gasteiger partial charge >= 0.3 is 12.3 Å². The second-order valence-electron chi connectivity index (χ2n) is 4.87. The summed E-state index contributed by atoms with van der Waals surface area (Å²) in [5, 5.41) is 9.47. The summed E-state index contributed by atoms with van der Waals surface area (Å²) in [4.78, 5) is 11.5. The Morgan fingerprint density at radius 2 is 1.96 bits per heavy atom. The van der Waals surface area contributed by atoms with Gasteiger partial charge in [-0.15, -0.1) is 0 Å². The van der Waals surface area contributed by atoms with Gasteiger partial charge in [0.25, 0.3) is 0 Å². The number of carbonyl (C=O) groups is 1. The van der Waals surface area contributed by atoms with Crippen LogP contribution in [0.4, 0.5) is 23.7 Å². The lowest BCUT2D eigenvalue weighted by Gasteiger charge is -2.09. The third-order valence-corrected chi connectivity index (χ3v) is 3.24. The maximum atomic E-state index is 12.6. The van der Waals surface area contributed by atoms with E-state index >= 15 is 0 Å². The number of rotatable bonds is 4. The fourth-order valence-corrected chi connectivity index (χ4v) is 2.12. The summed E-state index contributed by atoms with van der Waals surface area (Å²) < 4.78 is 42.5. The van der Waals surface area contributed by atoms with Crippen molar-refractivity contribution in [1.29, 1.82) is 0 Å². The van der Waals surface area contributed by atoms with Gasteiger partial charge < -0.3 is 4.74 Å². The van der Waals surface area contributed by atoms with E-state index in [-0.39, 0.29) is 0 Å². The minimum Gasteiger partial charge on any atom is -0.453 e. The number of aromatic nitrogens is 2. The van der Waals surface area contributed by atoms with E-state index < -0.39 is 17.8 Å². The van der Waals surface area contributed by atoms with Gasteiger partial charge in [-0.25, -0.2) is 4.79 Å². The van der Waals surface area contributed by atoms with Crippen molar-refractivity contribution < 1.29 is 22.7 Å². The van der Waals surface area contributed by atoms with Gasteiger partial charge in [0.1, 0.15) is 5.69 Å². The maximum absolute atomic E-state index is 12.6. The summed E-state index contributed by atoms with van der Waals surface area (Å²) in [5.41, 5.74) is 1.19. The minimum absolute atomic E-state index is 0.368. The second-order valence-corrected chi connectivity index (χ2v) is 4.87. The molecule has 5 nitrogen and oxygen atoms in total. The summed E-state index contributed by atoms with van der Waals surface area (Å²) in [5.74, 6) is 0. The Kier molecular flexibility index (Phi) is 4.92. The first-order valence-electron chi connectivity index (χ1n) is 6.96. The Morgan fingerprint density at radius 1 is 1.30 bits per heavy atom. The van der Waals surface area contributed by atoms with Gasteiger partial charge in [0, 0.05) is 5.56 Å². The quantitative estimate of drug-likeness (QED) is 0.883. The molecule has 0 aliphatic carbocycles. The number of anilines is 1. The smallest absolute Gasteiger partial charge is 0.416 e. The molecule has 0 spiro atoms. The second kappa shape index (κ2) is 6.72. The van der Waals surface area contributed by atoms with Crippen LogP contribution in [0.15, 0.2) is 24.3 Å². The number of H-pyrrole nitrogens is 1. The zero-order valence-corrected chi connectivity index (χ0v) is 12.6. The van der Waals surface area contributed by atoms with E-state index in [1.165, 1.54) is 19.2 Å². The number of carbonyl (C=O) groups excluding carboxylic acids is 1. The van der Waals surface area contributed by atoms with Crippen molar-refractivity contribution in [2.45, 2.75) is 25.9 Å².